The summed E-state index contributed by atoms with van der Waals surface area (Å²) in [4.78, 5) is 42.4. The molecule has 0 aromatic rings. The van der Waals surface area contributed by atoms with E-state index in [4.69, 9.17) is 4.74 Å². The fourth-order valence-corrected chi connectivity index (χ4v) is 5.80. The zero-order valence-electron chi connectivity index (χ0n) is 20.6. The summed E-state index contributed by atoms with van der Waals surface area (Å²) < 4.78 is 6.29. The van der Waals surface area contributed by atoms with Gasteiger partial charge in [-0.15, -0.1) is 0 Å². The lowest BCUT2D eigenvalue weighted by atomic mass is 9.40. The van der Waals surface area contributed by atoms with Crippen LogP contribution in [0.15, 0.2) is 35.1 Å². The zero-order valence-corrected chi connectivity index (χ0v) is 20.6. The summed E-state index contributed by atoms with van der Waals surface area (Å²) in [6.07, 6.45) is 7.69. The highest BCUT2D eigenvalue weighted by Gasteiger charge is 2.74. The van der Waals surface area contributed by atoms with Crippen molar-refractivity contribution in [2.75, 3.05) is 0 Å². The van der Waals surface area contributed by atoms with E-state index < -0.39 is 21.8 Å². The molecule has 0 spiro atoms. The van der Waals surface area contributed by atoms with Crippen molar-refractivity contribution in [2.45, 2.75) is 87.2 Å². The smallest absolute Gasteiger partial charge is 0.187 e. The summed E-state index contributed by atoms with van der Waals surface area (Å²) in [5.41, 5.74) is -2.48. The number of carbonyl (C=O) groups is 3. The van der Waals surface area contributed by atoms with Crippen LogP contribution in [0.25, 0.3) is 0 Å². The number of hydrogen-bond acceptors (Lipinski definition) is 4. The molecule has 4 heteroatoms. The third-order valence-electron chi connectivity index (χ3n) is 8.07. The zero-order chi connectivity index (χ0) is 23.6. The lowest BCUT2D eigenvalue weighted by Crippen LogP contribution is -2.70. The van der Waals surface area contributed by atoms with E-state index >= 15 is 0 Å². The Morgan fingerprint density at radius 1 is 1.19 bits per heavy atom. The Labute approximate surface area is 187 Å². The Morgan fingerprint density at radius 3 is 2.35 bits per heavy atom. The van der Waals surface area contributed by atoms with Gasteiger partial charge in [0.15, 0.2) is 22.8 Å². The molecule has 0 amide bonds. The van der Waals surface area contributed by atoms with Crippen LogP contribution in [0.4, 0.5) is 0 Å². The van der Waals surface area contributed by atoms with Gasteiger partial charge in [0.25, 0.3) is 0 Å². The number of ether oxygens (including phenoxy) is 1. The van der Waals surface area contributed by atoms with E-state index in [0.717, 1.165) is 6.42 Å². The van der Waals surface area contributed by atoms with Gasteiger partial charge in [0.05, 0.1) is 11.0 Å². The van der Waals surface area contributed by atoms with E-state index in [0.29, 0.717) is 24.2 Å². The van der Waals surface area contributed by atoms with E-state index in [9.17, 15) is 14.4 Å². The lowest BCUT2D eigenvalue weighted by molar-refractivity contribution is -0.178. The third-order valence-corrected chi connectivity index (χ3v) is 8.07. The molecule has 0 aromatic heterocycles. The molecular weight excluding hydrogens is 388 g/mol. The summed E-state index contributed by atoms with van der Waals surface area (Å²) in [5, 5.41) is 0. The Morgan fingerprint density at radius 2 is 1.81 bits per heavy atom. The molecule has 4 atom stereocenters. The van der Waals surface area contributed by atoms with Gasteiger partial charge in [-0.2, -0.15) is 0 Å². The lowest BCUT2D eigenvalue weighted by Gasteiger charge is -2.60. The van der Waals surface area contributed by atoms with Crippen LogP contribution in [0.1, 0.15) is 81.6 Å². The van der Waals surface area contributed by atoms with Crippen LogP contribution in [0.2, 0.25) is 0 Å². The molecule has 0 radical (unpaired) electrons. The molecule has 0 aromatic carbocycles. The molecule has 3 aliphatic rings. The maximum absolute atomic E-state index is 14.3. The quantitative estimate of drug-likeness (QED) is 0.414. The fourth-order valence-electron chi connectivity index (χ4n) is 5.80. The van der Waals surface area contributed by atoms with Gasteiger partial charge < -0.3 is 4.74 Å². The van der Waals surface area contributed by atoms with Crippen molar-refractivity contribution in [3.63, 3.8) is 0 Å². The molecule has 170 valence electrons. The second kappa shape index (κ2) is 7.28. The van der Waals surface area contributed by atoms with Gasteiger partial charge in [-0.3, -0.25) is 14.4 Å². The largest absolute Gasteiger partial charge is 0.486 e. The van der Waals surface area contributed by atoms with Crippen molar-refractivity contribution in [3.05, 3.63) is 35.1 Å². The maximum atomic E-state index is 14.3. The third kappa shape index (κ3) is 3.12. The molecule has 1 saturated carbocycles. The first-order valence-corrected chi connectivity index (χ1v) is 11.6. The highest BCUT2D eigenvalue weighted by atomic mass is 16.5. The number of allylic oxidation sites excluding steroid dienone is 5. The van der Waals surface area contributed by atoms with E-state index in [1.807, 2.05) is 68.4 Å². The highest BCUT2D eigenvalue weighted by Crippen LogP contribution is 2.65. The minimum absolute atomic E-state index is 0.00581. The number of fused-ring (bicyclic) bond motifs is 3. The first-order chi connectivity index (χ1) is 14.2. The first kappa shape index (κ1) is 23.7. The number of Topliss-reactive ketones (excluding diaryl/α,β-unsaturated/α-hetero) is 3. The van der Waals surface area contributed by atoms with Gasteiger partial charge in [0.1, 0.15) is 11.4 Å². The number of ketones is 3. The Bertz CT molecular complexity index is 925. The van der Waals surface area contributed by atoms with Crippen molar-refractivity contribution in [3.8, 4) is 0 Å². The minimum Gasteiger partial charge on any atom is -0.486 e. The normalized spacial score (nSPS) is 34.0. The van der Waals surface area contributed by atoms with Crippen LogP contribution >= 0.6 is 0 Å². The van der Waals surface area contributed by atoms with Crippen LogP contribution in [0.5, 0.6) is 0 Å². The average molecular weight is 427 g/mol. The van der Waals surface area contributed by atoms with Crippen LogP contribution < -0.4 is 0 Å². The molecule has 1 aliphatic heterocycles. The van der Waals surface area contributed by atoms with Gasteiger partial charge in [-0.25, -0.2) is 0 Å². The molecule has 1 unspecified atom stereocenters. The Balaban J connectivity index is 2.35. The second-order valence-electron chi connectivity index (χ2n) is 11.3. The standard InChI is InChI=1S/C27H38O4/c1-10-17(4)20(28)27-21(29)19-13-14-24(5,6)31-22(19)26(9,23(27)30)15-18(25(27,7)8)12-11-16(2)3/h11,13-14,17-18H,10,12,15H2,1-9H3/t17?,18-,26+,27+/m1/s1. The van der Waals surface area contributed by atoms with Crippen LogP contribution in [0, 0.1) is 28.1 Å². The maximum Gasteiger partial charge on any atom is 0.187 e. The van der Waals surface area contributed by atoms with Gasteiger partial charge in [0, 0.05) is 5.92 Å². The molecule has 4 nitrogen and oxygen atoms in total. The van der Waals surface area contributed by atoms with E-state index in [2.05, 4.69) is 6.08 Å². The predicted octanol–water partition coefficient (Wildman–Crippen LogP) is 5.77. The molecule has 3 rings (SSSR count). The van der Waals surface area contributed by atoms with Gasteiger partial charge in [0.2, 0.25) is 0 Å². The van der Waals surface area contributed by atoms with Crippen LogP contribution in [-0.4, -0.2) is 23.0 Å². The molecule has 1 fully saturated rings. The van der Waals surface area contributed by atoms with Crippen molar-refractivity contribution in [1.29, 1.82) is 0 Å². The van der Waals surface area contributed by atoms with E-state index in [-0.39, 0.29) is 29.2 Å². The van der Waals surface area contributed by atoms with Crippen molar-refractivity contribution < 1.29 is 19.1 Å². The summed E-state index contributed by atoms with van der Waals surface area (Å²) >= 11 is 0. The van der Waals surface area contributed by atoms with Crippen LogP contribution in [-0.2, 0) is 19.1 Å². The monoisotopic (exact) mass is 426 g/mol. The van der Waals surface area contributed by atoms with Crippen molar-refractivity contribution in [2.24, 2.45) is 28.1 Å². The fraction of sp³-hybridized carbons (Fsp3) is 0.667. The van der Waals surface area contributed by atoms with Crippen molar-refractivity contribution >= 4 is 17.3 Å². The topological polar surface area (TPSA) is 60.4 Å². The first-order valence-electron chi connectivity index (χ1n) is 11.6. The van der Waals surface area contributed by atoms with Crippen LogP contribution in [0.3, 0.4) is 0 Å². The second-order valence-corrected chi connectivity index (χ2v) is 11.3. The molecule has 1 heterocycles. The minimum atomic E-state index is -1.68. The average Bonchev–Trinajstić information content (AvgIpc) is 2.67. The van der Waals surface area contributed by atoms with Gasteiger partial charge in [-0.05, 0) is 77.4 Å². The Hall–Kier alpha value is -1.97. The Kier molecular flexibility index (Phi) is 5.56. The number of carbonyl (C=O) groups excluding carboxylic acids is 3. The summed E-state index contributed by atoms with van der Waals surface area (Å²) in [5.74, 6) is -0.778. The SMILES string of the molecule is CCC(C)C(=O)[C@@]12C(=O)C3=C(OC(C)(C)C=C3)[C@](C)(C[C@@H](CC=C(C)C)C1(C)C)C2=O. The molecule has 31 heavy (non-hydrogen) atoms. The number of rotatable bonds is 5. The summed E-state index contributed by atoms with van der Waals surface area (Å²) in [6.45, 7) is 17.5. The van der Waals surface area contributed by atoms with E-state index in [1.54, 1.807) is 6.08 Å². The highest BCUT2D eigenvalue weighted by molar-refractivity contribution is 6.34. The molecule has 0 N–H and O–H groups in total. The summed E-state index contributed by atoms with van der Waals surface area (Å²) in [6, 6.07) is 0. The molecular formula is C27H38O4. The van der Waals surface area contributed by atoms with Crippen molar-refractivity contribution in [1.82, 2.24) is 0 Å². The van der Waals surface area contributed by atoms with E-state index in [1.165, 1.54) is 5.57 Å². The number of hydrogen-bond donors (Lipinski definition) is 0. The summed E-state index contributed by atoms with van der Waals surface area (Å²) in [7, 11) is 0. The van der Waals surface area contributed by atoms with Gasteiger partial charge in [-0.1, -0.05) is 39.3 Å². The van der Waals surface area contributed by atoms with Gasteiger partial charge >= 0.3 is 0 Å². The molecule has 2 bridgehead atoms. The molecule has 0 saturated heterocycles. The molecule has 2 aliphatic carbocycles. The predicted molar refractivity (Wildman–Crippen MR) is 122 cm³/mol.